The van der Waals surface area contributed by atoms with Crippen LogP contribution in [0.15, 0.2) is 48.5 Å². The highest BCUT2D eigenvalue weighted by Crippen LogP contribution is 2.27. The molecule has 2 aromatic carbocycles. The van der Waals surface area contributed by atoms with E-state index in [1.165, 1.54) is 5.56 Å². The van der Waals surface area contributed by atoms with E-state index < -0.39 is 0 Å². The van der Waals surface area contributed by atoms with Gasteiger partial charge in [-0.05, 0) is 48.7 Å². The molecule has 4 heteroatoms. The van der Waals surface area contributed by atoms with Gasteiger partial charge in [0.2, 0.25) is 11.8 Å². The molecular weight excluding hydrogens is 300 g/mol. The molecule has 0 unspecified atom stereocenters. The Morgan fingerprint density at radius 3 is 2.75 bits per heavy atom. The summed E-state index contributed by atoms with van der Waals surface area (Å²) in [7, 11) is 0. The maximum absolute atomic E-state index is 12.5. The molecule has 1 N–H and O–H groups in total. The number of amides is 2. The number of carbonyl (C=O) groups excluding carboxylic acids is 2. The average Bonchev–Trinajstić information content (AvgIpc) is 2.97. The van der Waals surface area contributed by atoms with Gasteiger partial charge >= 0.3 is 0 Å². The number of rotatable bonds is 4. The second kappa shape index (κ2) is 6.87. The molecule has 2 aromatic rings. The van der Waals surface area contributed by atoms with Crippen molar-refractivity contribution in [3.8, 4) is 0 Å². The van der Waals surface area contributed by atoms with Crippen LogP contribution in [0, 0.1) is 12.8 Å². The van der Waals surface area contributed by atoms with E-state index in [-0.39, 0.29) is 24.2 Å². The number of hydrogen-bond acceptors (Lipinski definition) is 2. The first-order valence-corrected chi connectivity index (χ1v) is 8.33. The normalized spacial score (nSPS) is 17.2. The minimum absolute atomic E-state index is 0.00708. The van der Waals surface area contributed by atoms with Crippen LogP contribution < -0.4 is 10.2 Å². The Labute approximate surface area is 142 Å². The number of nitrogens with zero attached hydrogens (tertiary/aromatic N) is 1. The Morgan fingerprint density at radius 1 is 1.21 bits per heavy atom. The molecule has 1 aliphatic heterocycles. The number of aryl methyl sites for hydroxylation is 2. The highest BCUT2D eigenvalue weighted by atomic mass is 16.2. The fourth-order valence-electron chi connectivity index (χ4n) is 3.04. The first-order valence-electron chi connectivity index (χ1n) is 8.33. The molecule has 124 valence electrons. The van der Waals surface area contributed by atoms with Crippen molar-refractivity contribution in [2.45, 2.75) is 26.7 Å². The Morgan fingerprint density at radius 2 is 2.00 bits per heavy atom. The smallest absolute Gasteiger partial charge is 0.229 e. The lowest BCUT2D eigenvalue weighted by atomic mass is 10.1. The second-order valence-corrected chi connectivity index (χ2v) is 6.29. The zero-order chi connectivity index (χ0) is 17.1. The molecule has 0 radical (unpaired) electrons. The van der Waals surface area contributed by atoms with Crippen LogP contribution in [0.25, 0.3) is 0 Å². The van der Waals surface area contributed by atoms with Gasteiger partial charge in [-0.1, -0.05) is 31.2 Å². The molecule has 1 saturated heterocycles. The minimum Gasteiger partial charge on any atom is -0.326 e. The summed E-state index contributed by atoms with van der Waals surface area (Å²) in [5, 5.41) is 2.92. The number of nitrogens with one attached hydrogen (secondary N) is 1. The lowest BCUT2D eigenvalue weighted by Crippen LogP contribution is -2.28. The zero-order valence-corrected chi connectivity index (χ0v) is 14.1. The molecule has 1 fully saturated rings. The molecular formula is C20H22N2O2. The Balaban J connectivity index is 1.70. The summed E-state index contributed by atoms with van der Waals surface area (Å²) in [6.45, 7) is 4.50. The van der Waals surface area contributed by atoms with Gasteiger partial charge in [0.25, 0.3) is 0 Å². The molecule has 24 heavy (non-hydrogen) atoms. The highest BCUT2D eigenvalue weighted by Gasteiger charge is 2.35. The summed E-state index contributed by atoms with van der Waals surface area (Å²) in [5.41, 5.74) is 3.94. The van der Waals surface area contributed by atoms with Crippen molar-refractivity contribution >= 4 is 23.2 Å². The maximum atomic E-state index is 12.5. The monoisotopic (exact) mass is 322 g/mol. The van der Waals surface area contributed by atoms with Crippen LogP contribution in [-0.2, 0) is 16.0 Å². The summed E-state index contributed by atoms with van der Waals surface area (Å²) >= 11 is 0. The van der Waals surface area contributed by atoms with E-state index in [9.17, 15) is 9.59 Å². The van der Waals surface area contributed by atoms with Gasteiger partial charge in [-0.15, -0.1) is 0 Å². The zero-order valence-electron chi connectivity index (χ0n) is 14.1. The van der Waals surface area contributed by atoms with Crippen LogP contribution in [0.5, 0.6) is 0 Å². The highest BCUT2D eigenvalue weighted by molar-refractivity contribution is 6.03. The van der Waals surface area contributed by atoms with Crippen molar-refractivity contribution in [2.75, 3.05) is 16.8 Å². The Bertz CT molecular complexity index is 770. The average molecular weight is 322 g/mol. The van der Waals surface area contributed by atoms with Crippen LogP contribution in [0.3, 0.4) is 0 Å². The molecule has 0 aromatic heterocycles. The first-order chi connectivity index (χ1) is 11.6. The number of anilines is 2. The molecule has 0 aliphatic carbocycles. The largest absolute Gasteiger partial charge is 0.326 e. The van der Waals surface area contributed by atoms with Crippen molar-refractivity contribution in [3.05, 3.63) is 59.7 Å². The van der Waals surface area contributed by atoms with Crippen LogP contribution in [0.1, 0.15) is 24.5 Å². The standard InChI is InChI=1S/C20H22N2O2/c1-3-15-7-5-9-18(11-15)22-13-16(12-19(22)23)20(24)21-17-8-4-6-14(2)10-17/h4-11,16H,3,12-13H2,1-2H3,(H,21,24)/t16-/m1/s1. The summed E-state index contributed by atoms with van der Waals surface area (Å²) in [4.78, 5) is 26.5. The van der Waals surface area contributed by atoms with Gasteiger partial charge in [0, 0.05) is 24.3 Å². The molecule has 4 nitrogen and oxygen atoms in total. The van der Waals surface area contributed by atoms with Crippen molar-refractivity contribution in [1.29, 1.82) is 0 Å². The number of hydrogen-bond donors (Lipinski definition) is 1. The number of carbonyl (C=O) groups is 2. The fourth-order valence-corrected chi connectivity index (χ4v) is 3.04. The van der Waals surface area contributed by atoms with Crippen LogP contribution in [0.4, 0.5) is 11.4 Å². The third-order valence-electron chi connectivity index (χ3n) is 4.41. The van der Waals surface area contributed by atoms with Gasteiger partial charge in [0.1, 0.15) is 0 Å². The maximum Gasteiger partial charge on any atom is 0.229 e. The quantitative estimate of drug-likeness (QED) is 0.936. The second-order valence-electron chi connectivity index (χ2n) is 6.29. The molecule has 2 amide bonds. The molecule has 0 saturated carbocycles. The summed E-state index contributed by atoms with van der Waals surface area (Å²) < 4.78 is 0. The fraction of sp³-hybridized carbons (Fsp3) is 0.300. The minimum atomic E-state index is -0.316. The topological polar surface area (TPSA) is 49.4 Å². The van der Waals surface area contributed by atoms with Crippen LogP contribution in [-0.4, -0.2) is 18.4 Å². The molecule has 3 rings (SSSR count). The third kappa shape index (κ3) is 3.48. The van der Waals surface area contributed by atoms with Crippen molar-refractivity contribution in [1.82, 2.24) is 0 Å². The predicted octanol–water partition coefficient (Wildman–Crippen LogP) is 3.55. The van der Waals surface area contributed by atoms with E-state index in [1.54, 1.807) is 4.90 Å². The third-order valence-corrected chi connectivity index (χ3v) is 4.41. The van der Waals surface area contributed by atoms with Gasteiger partial charge in [-0.25, -0.2) is 0 Å². The lowest BCUT2D eigenvalue weighted by molar-refractivity contribution is -0.122. The molecule has 0 bridgehead atoms. The summed E-state index contributed by atoms with van der Waals surface area (Å²) in [6.07, 6.45) is 1.18. The van der Waals surface area contributed by atoms with E-state index in [1.807, 2.05) is 55.5 Å². The number of benzene rings is 2. The van der Waals surface area contributed by atoms with E-state index >= 15 is 0 Å². The Kier molecular flexibility index (Phi) is 4.65. The molecule has 0 spiro atoms. The van der Waals surface area contributed by atoms with Gasteiger partial charge in [0.15, 0.2) is 0 Å². The Hall–Kier alpha value is -2.62. The molecule has 1 heterocycles. The summed E-state index contributed by atoms with van der Waals surface area (Å²) in [5.74, 6) is -0.404. The summed E-state index contributed by atoms with van der Waals surface area (Å²) in [6, 6.07) is 15.6. The van der Waals surface area contributed by atoms with Gasteiger partial charge in [0.05, 0.1) is 5.92 Å². The van der Waals surface area contributed by atoms with Crippen LogP contribution in [0.2, 0.25) is 0 Å². The lowest BCUT2D eigenvalue weighted by Gasteiger charge is -2.17. The van der Waals surface area contributed by atoms with Gasteiger partial charge in [-0.3, -0.25) is 9.59 Å². The van der Waals surface area contributed by atoms with Crippen molar-refractivity contribution < 1.29 is 9.59 Å². The van der Waals surface area contributed by atoms with E-state index in [0.717, 1.165) is 23.4 Å². The predicted molar refractivity (Wildman–Crippen MR) is 96.1 cm³/mol. The van der Waals surface area contributed by atoms with Crippen molar-refractivity contribution in [3.63, 3.8) is 0 Å². The van der Waals surface area contributed by atoms with E-state index in [4.69, 9.17) is 0 Å². The van der Waals surface area contributed by atoms with Gasteiger partial charge in [-0.2, -0.15) is 0 Å². The molecule has 1 atom stereocenters. The first kappa shape index (κ1) is 16.2. The van der Waals surface area contributed by atoms with Gasteiger partial charge < -0.3 is 10.2 Å². The SMILES string of the molecule is CCc1cccc(N2C[C@H](C(=O)Nc3cccc(C)c3)CC2=O)c1. The molecule has 1 aliphatic rings. The van der Waals surface area contributed by atoms with E-state index in [0.29, 0.717) is 6.54 Å². The van der Waals surface area contributed by atoms with Crippen LogP contribution >= 0.6 is 0 Å². The van der Waals surface area contributed by atoms with E-state index in [2.05, 4.69) is 12.2 Å². The van der Waals surface area contributed by atoms with Crippen molar-refractivity contribution in [2.24, 2.45) is 5.92 Å².